The van der Waals surface area contributed by atoms with Crippen molar-refractivity contribution in [3.63, 3.8) is 0 Å². The molecule has 2 aliphatic rings. The SMILES string of the molecule is c1cc(CN2CCCOCC2)ncc1CNC1CC1. The second-order valence-corrected chi connectivity index (χ2v) is 5.56. The summed E-state index contributed by atoms with van der Waals surface area (Å²) in [6.45, 7) is 5.79. The molecule has 0 amide bonds. The van der Waals surface area contributed by atoms with Gasteiger partial charge in [0.25, 0.3) is 0 Å². The Balaban J connectivity index is 1.49. The molecule has 1 aliphatic heterocycles. The molecule has 1 saturated carbocycles. The quantitative estimate of drug-likeness (QED) is 0.873. The van der Waals surface area contributed by atoms with Crippen LogP contribution in [0, 0.1) is 0 Å². The van der Waals surface area contributed by atoms with E-state index in [-0.39, 0.29) is 0 Å². The molecule has 0 spiro atoms. The van der Waals surface area contributed by atoms with Gasteiger partial charge in [-0.05, 0) is 30.9 Å². The number of nitrogens with one attached hydrogen (secondary N) is 1. The van der Waals surface area contributed by atoms with Gasteiger partial charge in [0, 0.05) is 45.0 Å². The van der Waals surface area contributed by atoms with E-state index in [1.165, 1.54) is 18.4 Å². The highest BCUT2D eigenvalue weighted by molar-refractivity contribution is 5.14. The first-order valence-electron chi connectivity index (χ1n) is 7.37. The fraction of sp³-hybridized carbons (Fsp3) is 0.667. The van der Waals surface area contributed by atoms with Gasteiger partial charge in [-0.3, -0.25) is 9.88 Å². The fourth-order valence-electron chi connectivity index (χ4n) is 2.39. The highest BCUT2D eigenvalue weighted by atomic mass is 16.5. The van der Waals surface area contributed by atoms with E-state index in [1.54, 1.807) is 0 Å². The summed E-state index contributed by atoms with van der Waals surface area (Å²) in [6, 6.07) is 5.12. The number of ether oxygens (including phenoxy) is 1. The molecule has 2 fully saturated rings. The first-order valence-corrected chi connectivity index (χ1v) is 7.37. The minimum absolute atomic E-state index is 0.761. The van der Waals surface area contributed by atoms with Gasteiger partial charge in [-0.1, -0.05) is 6.07 Å². The third-order valence-electron chi connectivity index (χ3n) is 3.76. The fourth-order valence-corrected chi connectivity index (χ4v) is 2.39. The van der Waals surface area contributed by atoms with Gasteiger partial charge in [0.2, 0.25) is 0 Å². The van der Waals surface area contributed by atoms with E-state index >= 15 is 0 Å². The standard InChI is InChI=1S/C15H23N3O/c1-6-18(7-9-19-8-1)12-15-3-2-13(11-17-15)10-16-14-4-5-14/h2-3,11,14,16H,1,4-10,12H2. The van der Waals surface area contributed by atoms with Gasteiger partial charge in [-0.25, -0.2) is 0 Å². The maximum Gasteiger partial charge on any atom is 0.0593 e. The lowest BCUT2D eigenvalue weighted by atomic mass is 10.2. The van der Waals surface area contributed by atoms with Crippen LogP contribution in [0.4, 0.5) is 0 Å². The van der Waals surface area contributed by atoms with Crippen LogP contribution < -0.4 is 5.32 Å². The second-order valence-electron chi connectivity index (χ2n) is 5.56. The Bertz CT molecular complexity index is 381. The van der Waals surface area contributed by atoms with Gasteiger partial charge in [0.1, 0.15) is 0 Å². The topological polar surface area (TPSA) is 37.4 Å². The third-order valence-corrected chi connectivity index (χ3v) is 3.76. The van der Waals surface area contributed by atoms with Crippen molar-refractivity contribution in [1.29, 1.82) is 0 Å². The smallest absolute Gasteiger partial charge is 0.0593 e. The second kappa shape index (κ2) is 6.46. The Labute approximate surface area is 115 Å². The van der Waals surface area contributed by atoms with E-state index < -0.39 is 0 Å². The maximum absolute atomic E-state index is 5.47. The van der Waals surface area contributed by atoms with E-state index in [0.717, 1.165) is 57.5 Å². The molecule has 0 atom stereocenters. The Hall–Kier alpha value is -0.970. The Kier molecular flexibility index (Phi) is 4.43. The molecular weight excluding hydrogens is 238 g/mol. The lowest BCUT2D eigenvalue weighted by Gasteiger charge is -2.18. The van der Waals surface area contributed by atoms with Crippen LogP contribution in [-0.4, -0.2) is 42.2 Å². The lowest BCUT2D eigenvalue weighted by Crippen LogP contribution is -2.26. The van der Waals surface area contributed by atoms with Gasteiger partial charge >= 0.3 is 0 Å². The predicted molar refractivity (Wildman–Crippen MR) is 74.8 cm³/mol. The molecule has 0 unspecified atom stereocenters. The third kappa shape index (κ3) is 4.27. The van der Waals surface area contributed by atoms with Crippen LogP contribution in [0.3, 0.4) is 0 Å². The van der Waals surface area contributed by atoms with E-state index in [0.29, 0.717) is 0 Å². The Morgan fingerprint density at radius 2 is 2.21 bits per heavy atom. The summed E-state index contributed by atoms with van der Waals surface area (Å²) in [6.07, 6.45) is 5.81. The highest BCUT2D eigenvalue weighted by Gasteiger charge is 2.19. The maximum atomic E-state index is 5.47. The summed E-state index contributed by atoms with van der Waals surface area (Å²) in [5, 5.41) is 3.52. The van der Waals surface area contributed by atoms with E-state index in [2.05, 4.69) is 27.3 Å². The van der Waals surface area contributed by atoms with Crippen LogP contribution in [0.25, 0.3) is 0 Å². The van der Waals surface area contributed by atoms with Gasteiger partial charge in [0.05, 0.1) is 12.3 Å². The normalized spacial score (nSPS) is 21.3. The van der Waals surface area contributed by atoms with E-state index in [4.69, 9.17) is 4.74 Å². The number of nitrogens with zero attached hydrogens (tertiary/aromatic N) is 2. The summed E-state index contributed by atoms with van der Waals surface area (Å²) < 4.78 is 5.47. The van der Waals surface area contributed by atoms with Crippen molar-refractivity contribution in [1.82, 2.24) is 15.2 Å². The minimum atomic E-state index is 0.761. The predicted octanol–water partition coefficient (Wildman–Crippen LogP) is 1.56. The summed E-state index contributed by atoms with van der Waals surface area (Å²) >= 11 is 0. The molecule has 2 heterocycles. The first-order chi connectivity index (χ1) is 9.40. The van der Waals surface area contributed by atoms with Crippen molar-refractivity contribution in [3.05, 3.63) is 29.6 Å². The molecule has 4 heteroatoms. The van der Waals surface area contributed by atoms with Gasteiger partial charge in [-0.2, -0.15) is 0 Å². The Morgan fingerprint density at radius 3 is 3.00 bits per heavy atom. The van der Waals surface area contributed by atoms with Crippen LogP contribution in [0.1, 0.15) is 30.5 Å². The number of rotatable bonds is 5. The van der Waals surface area contributed by atoms with Crippen LogP contribution >= 0.6 is 0 Å². The van der Waals surface area contributed by atoms with Crippen molar-refractivity contribution in [2.45, 2.75) is 38.4 Å². The summed E-state index contributed by atoms with van der Waals surface area (Å²) in [7, 11) is 0. The molecule has 4 nitrogen and oxygen atoms in total. The zero-order valence-corrected chi connectivity index (χ0v) is 11.5. The number of hydrogen-bond donors (Lipinski definition) is 1. The molecular formula is C15H23N3O. The van der Waals surface area contributed by atoms with Crippen molar-refractivity contribution in [2.75, 3.05) is 26.3 Å². The van der Waals surface area contributed by atoms with E-state index in [1.807, 2.05) is 6.20 Å². The zero-order valence-electron chi connectivity index (χ0n) is 11.5. The van der Waals surface area contributed by atoms with Gasteiger partial charge < -0.3 is 10.1 Å². The number of hydrogen-bond acceptors (Lipinski definition) is 4. The largest absolute Gasteiger partial charge is 0.380 e. The number of aromatic nitrogens is 1. The van der Waals surface area contributed by atoms with Crippen LogP contribution in [0.2, 0.25) is 0 Å². The summed E-state index contributed by atoms with van der Waals surface area (Å²) in [4.78, 5) is 7.01. The molecule has 1 aliphatic carbocycles. The molecule has 19 heavy (non-hydrogen) atoms. The van der Waals surface area contributed by atoms with Crippen molar-refractivity contribution >= 4 is 0 Å². The molecule has 1 aromatic rings. The average Bonchev–Trinajstić information content (AvgIpc) is 3.26. The Morgan fingerprint density at radius 1 is 1.26 bits per heavy atom. The van der Waals surface area contributed by atoms with Crippen LogP contribution in [0.5, 0.6) is 0 Å². The summed E-state index contributed by atoms with van der Waals surface area (Å²) in [5.74, 6) is 0. The van der Waals surface area contributed by atoms with Gasteiger partial charge in [0.15, 0.2) is 0 Å². The monoisotopic (exact) mass is 261 g/mol. The molecule has 0 bridgehead atoms. The molecule has 3 rings (SSSR count). The molecule has 104 valence electrons. The van der Waals surface area contributed by atoms with Crippen LogP contribution in [0.15, 0.2) is 18.3 Å². The van der Waals surface area contributed by atoms with Gasteiger partial charge in [-0.15, -0.1) is 0 Å². The zero-order chi connectivity index (χ0) is 12.9. The molecule has 0 radical (unpaired) electrons. The highest BCUT2D eigenvalue weighted by Crippen LogP contribution is 2.19. The number of pyridine rings is 1. The minimum Gasteiger partial charge on any atom is -0.380 e. The van der Waals surface area contributed by atoms with Crippen molar-refractivity contribution in [2.24, 2.45) is 0 Å². The lowest BCUT2D eigenvalue weighted by molar-refractivity contribution is 0.140. The van der Waals surface area contributed by atoms with Crippen molar-refractivity contribution < 1.29 is 4.74 Å². The first kappa shape index (κ1) is 13.0. The molecule has 0 aromatic carbocycles. The summed E-state index contributed by atoms with van der Waals surface area (Å²) in [5.41, 5.74) is 2.45. The van der Waals surface area contributed by atoms with Crippen LogP contribution in [-0.2, 0) is 17.8 Å². The molecule has 1 saturated heterocycles. The van der Waals surface area contributed by atoms with E-state index in [9.17, 15) is 0 Å². The molecule has 1 N–H and O–H groups in total. The average molecular weight is 261 g/mol. The van der Waals surface area contributed by atoms with Crippen molar-refractivity contribution in [3.8, 4) is 0 Å². The molecule has 1 aromatic heterocycles.